The van der Waals surface area contributed by atoms with E-state index < -0.39 is 0 Å². The Labute approximate surface area is 153 Å². The van der Waals surface area contributed by atoms with Crippen LogP contribution in [0, 0.1) is 11.7 Å². The van der Waals surface area contributed by atoms with E-state index >= 15 is 0 Å². The van der Waals surface area contributed by atoms with E-state index in [1.807, 2.05) is 26.5 Å². The van der Waals surface area contributed by atoms with Gasteiger partial charge in [-0.1, -0.05) is 12.1 Å². The number of aromatic nitrogens is 2. The zero-order valence-corrected chi connectivity index (χ0v) is 15.3. The van der Waals surface area contributed by atoms with Crippen molar-refractivity contribution in [1.29, 1.82) is 0 Å². The van der Waals surface area contributed by atoms with Crippen LogP contribution in [0.4, 0.5) is 4.39 Å². The molecule has 1 aromatic heterocycles. The quantitative estimate of drug-likeness (QED) is 0.880. The summed E-state index contributed by atoms with van der Waals surface area (Å²) in [6, 6.07) is 6.44. The fraction of sp³-hybridized carbons (Fsp3) is 0.444. The maximum Gasteiger partial charge on any atom is 0.227 e. The second-order valence-electron chi connectivity index (χ2n) is 6.45. The van der Waals surface area contributed by atoms with Crippen LogP contribution in [0.5, 0.6) is 0 Å². The van der Waals surface area contributed by atoms with Crippen molar-refractivity contribution in [3.8, 4) is 0 Å². The normalized spacial score (nSPS) is 19.5. The summed E-state index contributed by atoms with van der Waals surface area (Å²) in [5, 5.41) is 7.54. The fourth-order valence-corrected chi connectivity index (χ4v) is 3.26. The van der Waals surface area contributed by atoms with Gasteiger partial charge in [0.2, 0.25) is 5.91 Å². The number of halogens is 2. The highest BCUT2D eigenvalue weighted by Gasteiger charge is 2.36. The van der Waals surface area contributed by atoms with Gasteiger partial charge in [0.05, 0.1) is 12.1 Å². The van der Waals surface area contributed by atoms with E-state index in [1.165, 1.54) is 12.1 Å². The first-order valence-electron chi connectivity index (χ1n) is 8.23. The third-order valence-corrected chi connectivity index (χ3v) is 4.71. The van der Waals surface area contributed by atoms with Crippen molar-refractivity contribution in [2.75, 3.05) is 26.7 Å². The van der Waals surface area contributed by atoms with Gasteiger partial charge < -0.3 is 10.2 Å². The van der Waals surface area contributed by atoms with E-state index in [-0.39, 0.29) is 36.0 Å². The summed E-state index contributed by atoms with van der Waals surface area (Å²) in [5.41, 5.74) is 2.14. The number of benzene rings is 1. The summed E-state index contributed by atoms with van der Waals surface area (Å²) in [4.78, 5) is 14.6. The second kappa shape index (κ2) is 8.45. The van der Waals surface area contributed by atoms with Crippen molar-refractivity contribution in [1.82, 2.24) is 20.0 Å². The molecule has 1 aliphatic rings. The van der Waals surface area contributed by atoms with Gasteiger partial charge in [-0.05, 0) is 29.7 Å². The maximum absolute atomic E-state index is 12.9. The molecule has 0 radical (unpaired) electrons. The average Bonchev–Trinajstić information content (AvgIpc) is 3.21. The lowest BCUT2D eigenvalue weighted by molar-refractivity contribution is -0.134. The largest absolute Gasteiger partial charge is 0.345 e. The summed E-state index contributed by atoms with van der Waals surface area (Å²) in [7, 11) is 3.72. The minimum absolute atomic E-state index is 0. The molecular formula is C18H24ClFN4O. The fourth-order valence-electron chi connectivity index (χ4n) is 3.26. The van der Waals surface area contributed by atoms with Crippen molar-refractivity contribution < 1.29 is 9.18 Å². The van der Waals surface area contributed by atoms with Gasteiger partial charge in [-0.25, -0.2) is 4.39 Å². The van der Waals surface area contributed by atoms with Crippen LogP contribution in [0.25, 0.3) is 0 Å². The summed E-state index contributed by atoms with van der Waals surface area (Å²) in [5.74, 6) is 0.0161. The van der Waals surface area contributed by atoms with Gasteiger partial charge in [-0.3, -0.25) is 9.48 Å². The van der Waals surface area contributed by atoms with Crippen LogP contribution < -0.4 is 5.32 Å². The Balaban J connectivity index is 0.00000225. The first kappa shape index (κ1) is 19.4. The first-order chi connectivity index (χ1) is 11.5. The number of rotatable bonds is 5. The Morgan fingerprint density at radius 1 is 1.36 bits per heavy atom. The zero-order chi connectivity index (χ0) is 17.1. The van der Waals surface area contributed by atoms with Crippen LogP contribution in [0.15, 0.2) is 36.7 Å². The second-order valence-corrected chi connectivity index (χ2v) is 6.45. The molecule has 0 unspecified atom stereocenters. The Morgan fingerprint density at radius 2 is 2.08 bits per heavy atom. The zero-order valence-electron chi connectivity index (χ0n) is 14.5. The predicted molar refractivity (Wildman–Crippen MR) is 97.3 cm³/mol. The number of carbonyl (C=O) groups excluding carboxylic acids is 1. The number of hydrogen-bond acceptors (Lipinski definition) is 3. The number of nitrogens with one attached hydrogen (secondary N) is 1. The van der Waals surface area contributed by atoms with Gasteiger partial charge in [0.15, 0.2) is 0 Å². The van der Waals surface area contributed by atoms with Crippen molar-refractivity contribution in [3.63, 3.8) is 0 Å². The minimum Gasteiger partial charge on any atom is -0.345 e. The number of aryl methyl sites for hydroxylation is 1. The van der Waals surface area contributed by atoms with Crippen molar-refractivity contribution in [2.45, 2.75) is 12.3 Å². The molecule has 3 rings (SSSR count). The van der Waals surface area contributed by atoms with Gasteiger partial charge in [-0.15, -0.1) is 12.4 Å². The van der Waals surface area contributed by atoms with Crippen molar-refractivity contribution in [2.24, 2.45) is 13.0 Å². The standard InChI is InChI=1S/C18H23FN4O.ClH/c1-22(8-7-13-3-5-15(19)6-4-13)18(24)17-11-20-10-16(17)14-9-21-23(2)12-14;/h3-6,9,12,16-17,20H,7-8,10-11H2,1-2H3;1H/t16-,17+;/m1./s1. The van der Waals surface area contributed by atoms with Crippen LogP contribution in [0.1, 0.15) is 17.0 Å². The number of hydrogen-bond donors (Lipinski definition) is 1. The summed E-state index contributed by atoms with van der Waals surface area (Å²) < 4.78 is 14.7. The molecule has 2 heterocycles. The predicted octanol–water partition coefficient (Wildman–Crippen LogP) is 1.99. The highest BCUT2D eigenvalue weighted by molar-refractivity contribution is 5.85. The molecule has 1 aromatic carbocycles. The van der Waals surface area contributed by atoms with Crippen LogP contribution in [0.3, 0.4) is 0 Å². The SMILES string of the molecule is CN(CCc1ccc(F)cc1)C(=O)[C@H]1CNC[C@@H]1c1cnn(C)c1.Cl. The smallest absolute Gasteiger partial charge is 0.227 e. The summed E-state index contributed by atoms with van der Waals surface area (Å²) in [6.07, 6.45) is 4.55. The maximum atomic E-state index is 12.9. The molecule has 25 heavy (non-hydrogen) atoms. The molecule has 136 valence electrons. The van der Waals surface area contributed by atoms with Crippen molar-refractivity contribution in [3.05, 3.63) is 53.6 Å². The number of carbonyl (C=O) groups is 1. The van der Waals surface area contributed by atoms with E-state index in [1.54, 1.807) is 21.7 Å². The molecule has 0 saturated carbocycles. The molecular weight excluding hydrogens is 343 g/mol. The molecule has 1 aliphatic heterocycles. The molecule has 0 spiro atoms. The lowest BCUT2D eigenvalue weighted by Gasteiger charge is -2.24. The molecule has 1 amide bonds. The molecule has 2 aromatic rings. The third-order valence-electron chi connectivity index (χ3n) is 4.71. The van der Waals surface area contributed by atoms with Crippen LogP contribution >= 0.6 is 12.4 Å². The Morgan fingerprint density at radius 3 is 2.72 bits per heavy atom. The molecule has 2 atom stereocenters. The van der Waals surface area contributed by atoms with E-state index in [9.17, 15) is 9.18 Å². The molecule has 0 aliphatic carbocycles. The van der Waals surface area contributed by atoms with Crippen LogP contribution in [-0.4, -0.2) is 47.3 Å². The Kier molecular flexibility index (Phi) is 6.56. The van der Waals surface area contributed by atoms with Gasteiger partial charge >= 0.3 is 0 Å². The van der Waals surface area contributed by atoms with E-state index in [0.29, 0.717) is 13.1 Å². The first-order valence-corrected chi connectivity index (χ1v) is 8.23. The highest BCUT2D eigenvalue weighted by atomic mass is 35.5. The Hall–Kier alpha value is -1.92. The van der Waals surface area contributed by atoms with E-state index in [4.69, 9.17) is 0 Å². The monoisotopic (exact) mass is 366 g/mol. The highest BCUT2D eigenvalue weighted by Crippen LogP contribution is 2.29. The van der Waals surface area contributed by atoms with Crippen molar-refractivity contribution >= 4 is 18.3 Å². The lowest BCUT2D eigenvalue weighted by atomic mass is 9.90. The number of likely N-dealkylation sites (N-methyl/N-ethyl adjacent to an activating group) is 1. The Bertz CT molecular complexity index is 703. The van der Waals surface area contributed by atoms with Gasteiger partial charge in [0.1, 0.15) is 5.82 Å². The molecule has 0 bridgehead atoms. The topological polar surface area (TPSA) is 50.2 Å². The van der Waals surface area contributed by atoms with Gasteiger partial charge in [0, 0.05) is 45.8 Å². The molecule has 1 N–H and O–H groups in total. The van der Waals surface area contributed by atoms with E-state index in [2.05, 4.69) is 10.4 Å². The van der Waals surface area contributed by atoms with Crippen LogP contribution in [0.2, 0.25) is 0 Å². The molecule has 5 nitrogen and oxygen atoms in total. The lowest BCUT2D eigenvalue weighted by Crippen LogP contribution is -2.37. The van der Waals surface area contributed by atoms with Gasteiger partial charge in [-0.2, -0.15) is 5.10 Å². The average molecular weight is 367 g/mol. The molecule has 1 fully saturated rings. The van der Waals surface area contributed by atoms with Gasteiger partial charge in [0.25, 0.3) is 0 Å². The van der Waals surface area contributed by atoms with Crippen LogP contribution in [-0.2, 0) is 18.3 Å². The minimum atomic E-state index is -0.237. The van der Waals surface area contributed by atoms with E-state index in [0.717, 1.165) is 24.1 Å². The summed E-state index contributed by atoms with van der Waals surface area (Å²) in [6.45, 7) is 2.12. The number of amides is 1. The summed E-state index contributed by atoms with van der Waals surface area (Å²) >= 11 is 0. The molecule has 7 heteroatoms. The molecule has 1 saturated heterocycles. The third kappa shape index (κ3) is 4.58. The number of nitrogens with zero attached hydrogens (tertiary/aromatic N) is 3.